The van der Waals surface area contributed by atoms with E-state index in [1.165, 1.54) is 0 Å². The molecule has 1 aromatic rings. The third-order valence-electron chi connectivity index (χ3n) is 4.49. The number of benzene rings is 1. The monoisotopic (exact) mass is 440 g/mol. The fourth-order valence-electron chi connectivity index (χ4n) is 3.42. The lowest BCUT2D eigenvalue weighted by atomic mass is 10.0. The van der Waals surface area contributed by atoms with E-state index in [9.17, 15) is 14.4 Å². The summed E-state index contributed by atoms with van der Waals surface area (Å²) < 4.78 is 6.14. The van der Waals surface area contributed by atoms with Crippen molar-refractivity contribution in [1.29, 1.82) is 0 Å². The topological polar surface area (TPSA) is 75.7 Å². The summed E-state index contributed by atoms with van der Waals surface area (Å²) in [6, 6.07) is 7.15. The molecule has 6 nitrogen and oxygen atoms in total. The van der Waals surface area contributed by atoms with Gasteiger partial charge < -0.3 is 15.0 Å². The molecule has 0 saturated carbocycles. The molecule has 3 rings (SSSR count). The Labute approximate surface area is 165 Å². The van der Waals surface area contributed by atoms with Gasteiger partial charge in [-0.25, -0.2) is 4.79 Å². The molecule has 8 heteroatoms. The molecule has 0 spiro atoms. The highest BCUT2D eigenvalue weighted by Gasteiger charge is 2.57. The summed E-state index contributed by atoms with van der Waals surface area (Å²) in [6.45, 7) is 3.34. The minimum atomic E-state index is -0.662. The maximum absolute atomic E-state index is 12.5. The zero-order chi connectivity index (χ0) is 18.9. The first kappa shape index (κ1) is 19.2. The van der Waals surface area contributed by atoms with Crippen LogP contribution in [0.4, 0.5) is 0 Å². The van der Waals surface area contributed by atoms with E-state index in [0.29, 0.717) is 18.6 Å². The minimum absolute atomic E-state index is 0.0200. The van der Waals surface area contributed by atoms with Gasteiger partial charge in [-0.15, -0.1) is 11.8 Å². The molecular formula is C18H21BrN2O4S. The van der Waals surface area contributed by atoms with Crippen molar-refractivity contribution in [2.24, 2.45) is 0 Å². The molecule has 0 bridgehead atoms. The van der Waals surface area contributed by atoms with Crippen molar-refractivity contribution in [3.8, 4) is 0 Å². The maximum atomic E-state index is 12.5. The number of halogens is 1. The Morgan fingerprint density at radius 2 is 2.08 bits per heavy atom. The van der Waals surface area contributed by atoms with Crippen LogP contribution in [0, 0.1) is 0 Å². The number of carbonyl (C=O) groups is 3. The largest absolute Gasteiger partial charge is 0.454 e. The molecular weight excluding hydrogens is 420 g/mol. The molecule has 0 unspecified atom stereocenters. The number of thioether (sulfide) groups is 1. The van der Waals surface area contributed by atoms with Crippen LogP contribution in [0.25, 0.3) is 0 Å². The normalized spacial score (nSPS) is 24.7. The summed E-state index contributed by atoms with van der Waals surface area (Å²) in [4.78, 5) is 37.9. The van der Waals surface area contributed by atoms with E-state index in [-0.39, 0.29) is 24.5 Å². The highest BCUT2D eigenvalue weighted by molar-refractivity contribution is 9.10. The average molecular weight is 441 g/mol. The Bertz CT molecular complexity index is 724. The van der Waals surface area contributed by atoms with Gasteiger partial charge in [-0.3, -0.25) is 9.59 Å². The summed E-state index contributed by atoms with van der Waals surface area (Å²) >= 11 is 5.02. The molecule has 1 aromatic carbocycles. The molecule has 2 amide bonds. The summed E-state index contributed by atoms with van der Waals surface area (Å²) in [6.07, 6.45) is 1.07. The summed E-state index contributed by atoms with van der Waals surface area (Å²) in [5.41, 5.74) is 1.00. The molecule has 2 saturated heterocycles. The number of rotatable bonds is 5. The first-order chi connectivity index (χ1) is 12.3. The Morgan fingerprint density at radius 1 is 1.38 bits per heavy atom. The van der Waals surface area contributed by atoms with Crippen LogP contribution in [0.2, 0.25) is 0 Å². The second kappa shape index (κ2) is 7.60. The van der Waals surface area contributed by atoms with Crippen molar-refractivity contribution in [2.45, 2.75) is 43.6 Å². The predicted molar refractivity (Wildman–Crippen MR) is 102 cm³/mol. The van der Waals surface area contributed by atoms with E-state index in [4.69, 9.17) is 4.74 Å². The number of fused-ring (bicyclic) bond motifs is 1. The van der Waals surface area contributed by atoms with Crippen LogP contribution in [0.1, 0.15) is 32.3 Å². The zero-order valence-electron chi connectivity index (χ0n) is 14.7. The highest BCUT2D eigenvalue weighted by Crippen LogP contribution is 2.54. The molecule has 140 valence electrons. The molecule has 0 radical (unpaired) electrons. The van der Waals surface area contributed by atoms with Gasteiger partial charge in [0.25, 0.3) is 5.91 Å². The Hall–Kier alpha value is -1.54. The SMILES string of the molecule is CC(C)NC(=O)COC(=O)[C@@H]1CS[C@]2(c3ccc(Br)cc3)CCC(=O)N12. The van der Waals surface area contributed by atoms with Gasteiger partial charge in [0, 0.05) is 22.7 Å². The Morgan fingerprint density at radius 3 is 2.73 bits per heavy atom. The van der Waals surface area contributed by atoms with Crippen LogP contribution in [0.5, 0.6) is 0 Å². The van der Waals surface area contributed by atoms with E-state index in [1.54, 1.807) is 16.7 Å². The van der Waals surface area contributed by atoms with Gasteiger partial charge in [-0.05, 0) is 38.0 Å². The van der Waals surface area contributed by atoms with Crippen molar-refractivity contribution in [1.82, 2.24) is 10.2 Å². The molecule has 2 heterocycles. The first-order valence-electron chi connectivity index (χ1n) is 8.51. The smallest absolute Gasteiger partial charge is 0.330 e. The van der Waals surface area contributed by atoms with Gasteiger partial charge in [0.15, 0.2) is 6.61 Å². The fourth-order valence-corrected chi connectivity index (χ4v) is 5.32. The number of hydrogen-bond acceptors (Lipinski definition) is 5. The molecule has 2 aliphatic rings. The molecule has 26 heavy (non-hydrogen) atoms. The molecule has 0 aromatic heterocycles. The number of amides is 2. The van der Waals surface area contributed by atoms with Crippen molar-refractivity contribution in [3.05, 3.63) is 34.3 Å². The highest BCUT2D eigenvalue weighted by atomic mass is 79.9. The van der Waals surface area contributed by atoms with Crippen LogP contribution in [0.15, 0.2) is 28.7 Å². The number of ether oxygens (including phenoxy) is 1. The quantitative estimate of drug-likeness (QED) is 0.711. The summed E-state index contributed by atoms with van der Waals surface area (Å²) in [7, 11) is 0. The van der Waals surface area contributed by atoms with Crippen molar-refractivity contribution < 1.29 is 19.1 Å². The van der Waals surface area contributed by atoms with Gasteiger partial charge in [0.05, 0.1) is 0 Å². The number of hydrogen-bond donors (Lipinski definition) is 1. The number of carbonyl (C=O) groups excluding carboxylic acids is 3. The van der Waals surface area contributed by atoms with Gasteiger partial charge >= 0.3 is 5.97 Å². The second-order valence-electron chi connectivity index (χ2n) is 6.71. The molecule has 2 atom stereocenters. The minimum Gasteiger partial charge on any atom is -0.454 e. The van der Waals surface area contributed by atoms with Gasteiger partial charge in [-0.1, -0.05) is 28.1 Å². The Kier molecular flexibility index (Phi) is 5.62. The van der Waals surface area contributed by atoms with E-state index < -0.39 is 16.9 Å². The van der Waals surface area contributed by atoms with Crippen LogP contribution >= 0.6 is 27.7 Å². The number of nitrogens with one attached hydrogen (secondary N) is 1. The maximum Gasteiger partial charge on any atom is 0.330 e. The van der Waals surface area contributed by atoms with Gasteiger partial charge in [0.2, 0.25) is 5.91 Å². The van der Waals surface area contributed by atoms with Crippen molar-refractivity contribution in [2.75, 3.05) is 12.4 Å². The fraction of sp³-hybridized carbons (Fsp3) is 0.500. The second-order valence-corrected chi connectivity index (χ2v) is 8.92. The number of esters is 1. The third-order valence-corrected chi connectivity index (χ3v) is 6.61. The van der Waals surface area contributed by atoms with Crippen LogP contribution in [-0.4, -0.2) is 47.1 Å². The predicted octanol–water partition coefficient (Wildman–Crippen LogP) is 2.41. The van der Waals surface area contributed by atoms with E-state index >= 15 is 0 Å². The van der Waals surface area contributed by atoms with E-state index in [2.05, 4.69) is 21.2 Å². The molecule has 2 aliphatic heterocycles. The standard InChI is InChI=1S/C18H21BrN2O4S/c1-11(2)20-15(22)9-25-17(24)14-10-26-18(8-7-16(23)21(14)18)12-3-5-13(19)6-4-12/h3-6,11,14H,7-10H2,1-2H3,(H,20,22)/t14-,18-/m0/s1. The third kappa shape index (κ3) is 3.62. The van der Waals surface area contributed by atoms with Gasteiger partial charge in [-0.2, -0.15) is 0 Å². The van der Waals surface area contributed by atoms with Crippen molar-refractivity contribution in [3.63, 3.8) is 0 Å². The van der Waals surface area contributed by atoms with Crippen LogP contribution in [0.3, 0.4) is 0 Å². The summed E-state index contributed by atoms with van der Waals surface area (Å²) in [5, 5.41) is 2.68. The average Bonchev–Trinajstić information content (AvgIpc) is 3.12. The zero-order valence-corrected chi connectivity index (χ0v) is 17.1. The Balaban J connectivity index is 1.74. The lowest BCUT2D eigenvalue weighted by Crippen LogP contribution is -2.47. The number of nitrogens with zero attached hydrogens (tertiary/aromatic N) is 1. The molecule has 1 N–H and O–H groups in total. The van der Waals surface area contributed by atoms with E-state index in [1.807, 2.05) is 38.1 Å². The van der Waals surface area contributed by atoms with Crippen molar-refractivity contribution >= 4 is 45.5 Å². The first-order valence-corrected chi connectivity index (χ1v) is 10.3. The molecule has 0 aliphatic carbocycles. The van der Waals surface area contributed by atoms with Crippen LogP contribution in [-0.2, 0) is 24.0 Å². The molecule has 2 fully saturated rings. The lowest BCUT2D eigenvalue weighted by Gasteiger charge is -2.33. The van der Waals surface area contributed by atoms with Crippen LogP contribution < -0.4 is 5.32 Å². The summed E-state index contributed by atoms with van der Waals surface area (Å²) in [5.74, 6) is -0.449. The van der Waals surface area contributed by atoms with E-state index in [0.717, 1.165) is 10.0 Å². The van der Waals surface area contributed by atoms with Gasteiger partial charge in [0.1, 0.15) is 10.9 Å². The lowest BCUT2D eigenvalue weighted by molar-refractivity contribution is -0.156.